The molecule has 2 aromatic heterocycles. The van der Waals surface area contributed by atoms with Gasteiger partial charge < -0.3 is 4.74 Å². The van der Waals surface area contributed by atoms with Crippen LogP contribution in [-0.4, -0.2) is 65.9 Å². The normalized spacial score (nSPS) is 19.8. The Balaban J connectivity index is 1.57. The van der Waals surface area contributed by atoms with E-state index in [1.165, 1.54) is 6.33 Å². The van der Waals surface area contributed by atoms with Crippen LogP contribution in [0.2, 0.25) is 0 Å². The van der Waals surface area contributed by atoms with Crippen molar-refractivity contribution in [1.82, 2.24) is 24.2 Å². The SMILES string of the molecule is CC(C)C(=O)Nc1nc2c(ncn2[C@@]2(N)C[C@H](C(c3ccccc3)(c3ccccc3)c3ccccc3)[C@@H](CO[P+](O)(CCC#N)N(C(C)C)C(C)C)O2)c(=O)[nH]1. The molecule has 294 valence electrons. The van der Waals surface area contributed by atoms with Gasteiger partial charge in [0.15, 0.2) is 11.2 Å². The van der Waals surface area contributed by atoms with E-state index in [1.807, 2.05) is 87.0 Å². The molecule has 14 heteroatoms. The maximum absolute atomic E-state index is 13.3. The third-order valence-corrected chi connectivity index (χ3v) is 13.5. The number of anilines is 1. The Labute approximate surface area is 328 Å². The van der Waals surface area contributed by atoms with E-state index in [2.05, 4.69) is 62.7 Å². The number of nitrogens with two attached hydrogens (primary N) is 1. The smallest absolute Gasteiger partial charge is 0.336 e. The molecule has 56 heavy (non-hydrogen) atoms. The van der Waals surface area contributed by atoms with E-state index in [4.69, 9.17) is 15.0 Å². The number of nitrogens with one attached hydrogen (secondary N) is 2. The van der Waals surface area contributed by atoms with Crippen LogP contribution in [0.4, 0.5) is 5.95 Å². The number of carbonyl (C=O) groups excluding carboxylic acids is 1. The highest BCUT2D eigenvalue weighted by Crippen LogP contribution is 2.63. The molecule has 0 bridgehead atoms. The zero-order valence-electron chi connectivity index (χ0n) is 32.8. The van der Waals surface area contributed by atoms with Gasteiger partial charge in [0.05, 0.1) is 24.0 Å². The second-order valence-corrected chi connectivity index (χ2v) is 17.7. The molecule has 3 aromatic carbocycles. The lowest BCUT2D eigenvalue weighted by Gasteiger charge is -2.43. The molecule has 0 spiro atoms. The summed E-state index contributed by atoms with van der Waals surface area (Å²) < 4.78 is 17.3. The summed E-state index contributed by atoms with van der Waals surface area (Å²) in [5, 5.41) is 12.3. The monoisotopic (exact) mass is 779 g/mol. The van der Waals surface area contributed by atoms with Crippen LogP contribution in [0.15, 0.2) is 102 Å². The second-order valence-electron chi connectivity index (χ2n) is 15.2. The first kappa shape index (κ1) is 40.9. The zero-order valence-corrected chi connectivity index (χ0v) is 33.7. The van der Waals surface area contributed by atoms with E-state index in [-0.39, 0.29) is 66.6 Å². The standard InChI is InChI=1S/C42H51N8O5P/c1-28(2)38(51)47-40-46-37-36(39(52)48-40)45-27-49(37)41(44)25-34(35(55-41)26-54-56(53,24-16-23-43)50(29(3)4)30(5)6)42(31-17-10-7-11-18-31,32-19-12-8-13-20-32)33-21-14-9-15-22-33/h7-15,17-22,27-30,34-35,53H,16,24-26,44H2,1-6H3,(H-,46,47,48,51,52)/p+1/t34-,35+,41-,56?/m0/s1. The zero-order chi connectivity index (χ0) is 40.3. The Morgan fingerprint density at radius 1 is 1.04 bits per heavy atom. The molecular formula is C42H52N8O5P+. The van der Waals surface area contributed by atoms with Crippen LogP contribution in [0, 0.1) is 23.2 Å². The van der Waals surface area contributed by atoms with Crippen molar-refractivity contribution >= 4 is 30.9 Å². The van der Waals surface area contributed by atoms with Crippen molar-refractivity contribution in [3.8, 4) is 6.07 Å². The van der Waals surface area contributed by atoms with Gasteiger partial charge in [-0.15, -0.1) is 4.67 Å². The van der Waals surface area contributed by atoms with Crippen molar-refractivity contribution in [3.63, 3.8) is 0 Å². The van der Waals surface area contributed by atoms with Gasteiger partial charge in [-0.3, -0.25) is 30.2 Å². The molecule has 1 aliphatic heterocycles. The van der Waals surface area contributed by atoms with Gasteiger partial charge in [0.1, 0.15) is 19.1 Å². The predicted octanol–water partition coefficient (Wildman–Crippen LogP) is 6.53. The number of hydrogen-bond donors (Lipinski definition) is 4. The number of nitrogens with zero attached hydrogens (tertiary/aromatic N) is 5. The van der Waals surface area contributed by atoms with Gasteiger partial charge in [-0.25, -0.2) is 9.88 Å². The lowest BCUT2D eigenvalue weighted by Crippen LogP contribution is -2.44. The number of aromatic nitrogens is 4. The first-order valence-electron chi connectivity index (χ1n) is 19.1. The minimum atomic E-state index is -3.36. The van der Waals surface area contributed by atoms with Crippen LogP contribution in [0.1, 0.15) is 71.1 Å². The maximum atomic E-state index is 13.3. The van der Waals surface area contributed by atoms with Crippen molar-refractivity contribution in [2.24, 2.45) is 17.6 Å². The highest BCUT2D eigenvalue weighted by molar-refractivity contribution is 7.63. The van der Waals surface area contributed by atoms with Gasteiger partial charge in [0, 0.05) is 30.3 Å². The molecule has 0 aliphatic carbocycles. The quantitative estimate of drug-likeness (QED) is 0.0673. The van der Waals surface area contributed by atoms with E-state index < -0.39 is 36.7 Å². The van der Waals surface area contributed by atoms with Crippen LogP contribution in [0.25, 0.3) is 11.2 Å². The summed E-state index contributed by atoms with van der Waals surface area (Å²) in [6.07, 6.45) is 1.10. The summed E-state index contributed by atoms with van der Waals surface area (Å²) in [4.78, 5) is 50.1. The predicted molar refractivity (Wildman–Crippen MR) is 218 cm³/mol. The molecule has 1 saturated heterocycles. The van der Waals surface area contributed by atoms with Crippen LogP contribution >= 0.6 is 7.87 Å². The summed E-state index contributed by atoms with van der Waals surface area (Å²) in [5.41, 5.74) is 9.13. The Morgan fingerprint density at radius 3 is 2.05 bits per heavy atom. The van der Waals surface area contributed by atoms with Gasteiger partial charge in [-0.05, 0) is 44.4 Å². The Kier molecular flexibility index (Phi) is 12.2. The van der Waals surface area contributed by atoms with Gasteiger partial charge in [0.2, 0.25) is 17.7 Å². The van der Waals surface area contributed by atoms with Crippen molar-refractivity contribution in [1.29, 1.82) is 5.26 Å². The fourth-order valence-corrected chi connectivity index (χ4v) is 11.0. The minimum absolute atomic E-state index is 0.0268. The van der Waals surface area contributed by atoms with E-state index in [0.29, 0.717) is 0 Å². The van der Waals surface area contributed by atoms with Crippen molar-refractivity contribution in [2.45, 2.75) is 83.8 Å². The number of imidazole rings is 1. The number of rotatable bonds is 15. The van der Waals surface area contributed by atoms with Crippen molar-refractivity contribution in [3.05, 3.63) is 124 Å². The van der Waals surface area contributed by atoms with E-state index in [1.54, 1.807) is 18.4 Å². The van der Waals surface area contributed by atoms with E-state index in [9.17, 15) is 19.7 Å². The topological polar surface area (TPSA) is 184 Å². The van der Waals surface area contributed by atoms with Crippen LogP contribution < -0.4 is 16.6 Å². The van der Waals surface area contributed by atoms with Crippen LogP contribution in [0.3, 0.4) is 0 Å². The average Bonchev–Trinajstić information content (AvgIpc) is 3.77. The molecule has 13 nitrogen and oxygen atoms in total. The van der Waals surface area contributed by atoms with Gasteiger partial charge in [-0.2, -0.15) is 14.8 Å². The molecule has 5 aromatic rings. The third kappa shape index (κ3) is 7.78. The number of fused-ring (bicyclic) bond motifs is 1. The fraction of sp³-hybridized carbons (Fsp3) is 0.405. The Hall–Kier alpha value is -4.80. The molecule has 3 heterocycles. The minimum Gasteiger partial charge on any atom is -0.336 e. The highest BCUT2D eigenvalue weighted by Gasteiger charge is 2.59. The summed E-state index contributed by atoms with van der Waals surface area (Å²) in [6.45, 7) is 11.4. The molecule has 4 atom stereocenters. The molecule has 1 unspecified atom stereocenters. The molecule has 6 rings (SSSR count). The number of H-pyrrole nitrogens is 1. The van der Waals surface area contributed by atoms with Crippen molar-refractivity contribution < 1.29 is 18.9 Å². The summed E-state index contributed by atoms with van der Waals surface area (Å²) in [7, 11) is -3.36. The van der Waals surface area contributed by atoms with Crippen molar-refractivity contribution in [2.75, 3.05) is 18.1 Å². The first-order valence-corrected chi connectivity index (χ1v) is 20.9. The fourth-order valence-electron chi connectivity index (χ4n) is 8.28. The lowest BCUT2D eigenvalue weighted by atomic mass is 9.59. The summed E-state index contributed by atoms with van der Waals surface area (Å²) in [5.74, 6) is -2.83. The number of ether oxygens (including phenoxy) is 1. The molecule has 0 saturated carbocycles. The largest absolute Gasteiger partial charge is 0.346 e. The highest BCUT2D eigenvalue weighted by atomic mass is 31.2. The molecule has 1 amide bonds. The van der Waals surface area contributed by atoms with E-state index in [0.717, 1.165) is 16.7 Å². The van der Waals surface area contributed by atoms with Gasteiger partial charge in [-0.1, -0.05) is 105 Å². The number of carbonyl (C=O) groups is 1. The van der Waals surface area contributed by atoms with Gasteiger partial charge in [0.25, 0.3) is 5.56 Å². The molecule has 1 aliphatic rings. The molecular weight excluding hydrogens is 727 g/mol. The van der Waals surface area contributed by atoms with E-state index >= 15 is 0 Å². The second kappa shape index (κ2) is 16.7. The summed E-state index contributed by atoms with van der Waals surface area (Å²) in [6, 6.07) is 32.6. The number of hydrogen-bond acceptors (Lipinski definition) is 10. The molecule has 0 radical (unpaired) electrons. The molecule has 1 fully saturated rings. The van der Waals surface area contributed by atoms with Crippen LogP contribution in [0.5, 0.6) is 0 Å². The number of benzene rings is 3. The summed E-state index contributed by atoms with van der Waals surface area (Å²) >= 11 is 0. The number of aromatic amines is 1. The third-order valence-electron chi connectivity index (χ3n) is 10.5. The Bertz CT molecular complexity index is 2100. The number of amides is 1. The average molecular weight is 780 g/mol. The van der Waals surface area contributed by atoms with Crippen LogP contribution in [-0.2, 0) is 25.3 Å². The Morgan fingerprint density at radius 2 is 1.57 bits per heavy atom. The lowest BCUT2D eigenvalue weighted by molar-refractivity contribution is -0.118. The first-order chi connectivity index (χ1) is 26.7. The van der Waals surface area contributed by atoms with Gasteiger partial charge >= 0.3 is 7.87 Å². The number of nitriles is 1. The maximum Gasteiger partial charge on any atom is 0.346 e. The molecule has 5 N–H and O–H groups in total.